The number of anilines is 1. The van der Waals surface area contributed by atoms with Gasteiger partial charge in [0.05, 0.1) is 6.54 Å². The van der Waals surface area contributed by atoms with E-state index in [-0.39, 0.29) is 35.8 Å². The Morgan fingerprint density at radius 3 is 2.06 bits per heavy atom. The number of guanidine groups is 1. The smallest absolute Gasteiger partial charge is 0.224 e. The van der Waals surface area contributed by atoms with Crippen LogP contribution in [0.25, 0.3) is 0 Å². The first-order valence-electron chi connectivity index (χ1n) is 10.9. The fraction of sp³-hybridized carbons (Fsp3) is 0.591. The molecule has 0 spiro atoms. The van der Waals surface area contributed by atoms with Crippen LogP contribution < -0.4 is 10.2 Å². The van der Waals surface area contributed by atoms with Crippen LogP contribution in [0.2, 0.25) is 0 Å². The highest BCUT2D eigenvalue weighted by Gasteiger charge is 2.22. The van der Waals surface area contributed by atoms with Crippen molar-refractivity contribution >= 4 is 47.4 Å². The maximum Gasteiger partial charge on any atom is 0.224 e. The van der Waals surface area contributed by atoms with Crippen LogP contribution in [-0.4, -0.2) is 97.9 Å². The number of aliphatic imine (C=N–C) groups is 1. The van der Waals surface area contributed by atoms with Gasteiger partial charge in [-0.3, -0.25) is 14.6 Å². The molecule has 0 aliphatic carbocycles. The van der Waals surface area contributed by atoms with Gasteiger partial charge in [0.2, 0.25) is 11.8 Å². The van der Waals surface area contributed by atoms with Crippen molar-refractivity contribution in [2.75, 3.05) is 70.3 Å². The van der Waals surface area contributed by atoms with E-state index in [9.17, 15) is 9.59 Å². The number of benzene rings is 1. The quantitative estimate of drug-likeness (QED) is 0.347. The summed E-state index contributed by atoms with van der Waals surface area (Å²) < 4.78 is 0. The molecule has 9 heteroatoms. The largest absolute Gasteiger partial charge is 0.368 e. The van der Waals surface area contributed by atoms with Gasteiger partial charge >= 0.3 is 0 Å². The fourth-order valence-corrected chi connectivity index (χ4v) is 3.93. The van der Waals surface area contributed by atoms with E-state index in [2.05, 4.69) is 32.2 Å². The molecule has 2 fully saturated rings. The minimum atomic E-state index is 0. The molecule has 3 rings (SSSR count). The summed E-state index contributed by atoms with van der Waals surface area (Å²) in [6.07, 6.45) is 0.424. The zero-order chi connectivity index (χ0) is 21.3. The number of carbonyl (C=O) groups is 2. The van der Waals surface area contributed by atoms with Gasteiger partial charge in [0, 0.05) is 77.9 Å². The van der Waals surface area contributed by atoms with E-state index in [1.54, 1.807) is 6.92 Å². The van der Waals surface area contributed by atoms with Gasteiger partial charge in [-0.2, -0.15) is 0 Å². The highest BCUT2D eigenvalue weighted by molar-refractivity contribution is 14.0. The van der Waals surface area contributed by atoms with Crippen molar-refractivity contribution in [1.82, 2.24) is 20.0 Å². The number of nitrogens with zero attached hydrogens (tertiary/aromatic N) is 5. The van der Waals surface area contributed by atoms with Crippen molar-refractivity contribution in [1.29, 1.82) is 0 Å². The molecule has 0 atom stereocenters. The topological polar surface area (TPSA) is 71.5 Å². The molecule has 8 nitrogen and oxygen atoms in total. The SMILES string of the molecule is CCNC(=NCCC(=O)N1CCN(c2ccccc2)CC1)N1CCN(C(C)=O)CC1.I. The van der Waals surface area contributed by atoms with Crippen molar-refractivity contribution < 1.29 is 9.59 Å². The van der Waals surface area contributed by atoms with E-state index < -0.39 is 0 Å². The molecule has 1 N–H and O–H groups in total. The van der Waals surface area contributed by atoms with Crippen LogP contribution in [0.3, 0.4) is 0 Å². The molecule has 2 amide bonds. The number of hydrogen-bond acceptors (Lipinski definition) is 4. The van der Waals surface area contributed by atoms with Crippen LogP contribution in [0.15, 0.2) is 35.3 Å². The Morgan fingerprint density at radius 1 is 0.903 bits per heavy atom. The number of carbonyl (C=O) groups excluding carboxylic acids is 2. The standard InChI is InChI=1S/C22H34N6O2.HI/c1-3-23-22(28-17-11-25(12-18-28)19(2)29)24-10-9-21(30)27-15-13-26(14-16-27)20-7-5-4-6-8-20;/h4-8H,3,9-18H2,1-2H3,(H,23,24);1H. The predicted molar refractivity (Wildman–Crippen MR) is 135 cm³/mol. The van der Waals surface area contributed by atoms with Gasteiger partial charge in [-0.1, -0.05) is 18.2 Å². The van der Waals surface area contributed by atoms with Gasteiger partial charge in [0.25, 0.3) is 0 Å². The average Bonchev–Trinajstić information content (AvgIpc) is 2.79. The lowest BCUT2D eigenvalue weighted by Gasteiger charge is -2.36. The number of hydrogen-bond donors (Lipinski definition) is 1. The average molecular weight is 542 g/mol. The second-order valence-electron chi connectivity index (χ2n) is 7.68. The van der Waals surface area contributed by atoms with Crippen molar-refractivity contribution in [3.63, 3.8) is 0 Å². The number of nitrogens with one attached hydrogen (secondary N) is 1. The van der Waals surface area contributed by atoms with Gasteiger partial charge in [0.15, 0.2) is 5.96 Å². The Labute approximate surface area is 202 Å². The fourth-order valence-electron chi connectivity index (χ4n) is 3.93. The second-order valence-corrected chi connectivity index (χ2v) is 7.68. The van der Waals surface area contributed by atoms with Gasteiger partial charge in [-0.25, -0.2) is 0 Å². The Hall–Kier alpha value is -2.04. The maximum absolute atomic E-state index is 12.6. The molecule has 1 aromatic carbocycles. The van der Waals surface area contributed by atoms with Gasteiger partial charge in [0.1, 0.15) is 0 Å². The molecule has 0 bridgehead atoms. The molecule has 1 aromatic rings. The van der Waals surface area contributed by atoms with Crippen molar-refractivity contribution in [3.05, 3.63) is 30.3 Å². The molecule has 2 saturated heterocycles. The van der Waals surface area contributed by atoms with E-state index in [0.29, 0.717) is 26.1 Å². The van der Waals surface area contributed by atoms with E-state index in [0.717, 1.165) is 51.8 Å². The van der Waals surface area contributed by atoms with E-state index >= 15 is 0 Å². The molecule has 0 saturated carbocycles. The maximum atomic E-state index is 12.6. The minimum Gasteiger partial charge on any atom is -0.368 e. The van der Waals surface area contributed by atoms with Gasteiger partial charge in [-0.15, -0.1) is 24.0 Å². The summed E-state index contributed by atoms with van der Waals surface area (Å²) in [4.78, 5) is 37.1. The van der Waals surface area contributed by atoms with Gasteiger partial charge < -0.3 is 24.9 Å². The molecule has 2 aliphatic heterocycles. The first-order chi connectivity index (χ1) is 14.6. The Bertz CT molecular complexity index is 729. The molecule has 0 unspecified atom stereocenters. The van der Waals surface area contributed by atoms with Crippen LogP contribution in [0.4, 0.5) is 5.69 Å². The first-order valence-corrected chi connectivity index (χ1v) is 10.9. The van der Waals surface area contributed by atoms with Gasteiger partial charge in [-0.05, 0) is 19.1 Å². The lowest BCUT2D eigenvalue weighted by atomic mass is 10.2. The Morgan fingerprint density at radius 2 is 1.48 bits per heavy atom. The number of halogens is 1. The highest BCUT2D eigenvalue weighted by Crippen LogP contribution is 2.15. The third kappa shape index (κ3) is 7.26. The van der Waals surface area contributed by atoms with E-state index in [4.69, 9.17) is 0 Å². The molecule has 0 aromatic heterocycles. The normalized spacial score (nSPS) is 17.3. The Kier molecular flexibility index (Phi) is 10.4. The predicted octanol–water partition coefficient (Wildman–Crippen LogP) is 1.47. The number of rotatable bonds is 5. The lowest BCUT2D eigenvalue weighted by molar-refractivity contribution is -0.131. The molecular weight excluding hydrogens is 507 g/mol. The summed E-state index contributed by atoms with van der Waals surface area (Å²) in [5, 5.41) is 3.31. The third-order valence-electron chi connectivity index (χ3n) is 5.70. The summed E-state index contributed by atoms with van der Waals surface area (Å²) in [6, 6.07) is 10.4. The Balaban J connectivity index is 0.00000341. The van der Waals surface area contributed by atoms with E-state index in [1.165, 1.54) is 5.69 Å². The number of para-hydroxylation sites is 1. The zero-order valence-corrected chi connectivity index (χ0v) is 21.0. The number of piperazine rings is 2. The molecule has 31 heavy (non-hydrogen) atoms. The summed E-state index contributed by atoms with van der Waals surface area (Å²) in [6.45, 7) is 11.1. The molecule has 2 heterocycles. The number of amides is 2. The van der Waals surface area contributed by atoms with Crippen LogP contribution in [0.5, 0.6) is 0 Å². The minimum absolute atomic E-state index is 0. The van der Waals surface area contributed by atoms with Crippen molar-refractivity contribution in [3.8, 4) is 0 Å². The second kappa shape index (κ2) is 12.7. The van der Waals surface area contributed by atoms with Crippen LogP contribution in [0, 0.1) is 0 Å². The summed E-state index contributed by atoms with van der Waals surface area (Å²) in [7, 11) is 0. The molecule has 2 aliphatic rings. The van der Waals surface area contributed by atoms with Crippen molar-refractivity contribution in [2.45, 2.75) is 20.3 Å². The van der Waals surface area contributed by atoms with Crippen molar-refractivity contribution in [2.24, 2.45) is 4.99 Å². The summed E-state index contributed by atoms with van der Waals surface area (Å²) in [5.41, 5.74) is 1.22. The highest BCUT2D eigenvalue weighted by atomic mass is 127. The lowest BCUT2D eigenvalue weighted by Crippen LogP contribution is -2.53. The van der Waals surface area contributed by atoms with Crippen LogP contribution >= 0.6 is 24.0 Å². The molecule has 172 valence electrons. The first kappa shape index (κ1) is 25.2. The zero-order valence-electron chi connectivity index (χ0n) is 18.6. The third-order valence-corrected chi connectivity index (χ3v) is 5.70. The summed E-state index contributed by atoms with van der Waals surface area (Å²) >= 11 is 0. The monoisotopic (exact) mass is 542 g/mol. The van der Waals surface area contributed by atoms with Crippen LogP contribution in [-0.2, 0) is 9.59 Å². The van der Waals surface area contributed by atoms with E-state index in [1.807, 2.05) is 34.9 Å². The van der Waals surface area contributed by atoms with Crippen LogP contribution in [0.1, 0.15) is 20.3 Å². The summed E-state index contributed by atoms with van der Waals surface area (Å²) in [5.74, 6) is 1.13. The molecule has 0 radical (unpaired) electrons. The molecular formula is C22H35IN6O2.